The van der Waals surface area contributed by atoms with E-state index in [9.17, 15) is 0 Å². The first-order valence-corrected chi connectivity index (χ1v) is 2.68. The van der Waals surface area contributed by atoms with Gasteiger partial charge in [-0.3, -0.25) is 0 Å². The third-order valence-corrected chi connectivity index (χ3v) is 0. The van der Waals surface area contributed by atoms with Gasteiger partial charge in [0.1, 0.15) is 0 Å². The Balaban J connectivity index is -0.0000000267. The molecule has 0 aliphatic carbocycles. The van der Waals surface area contributed by atoms with Crippen molar-refractivity contribution in [2.24, 2.45) is 0 Å². The molecular formula is H9AlFeO5Si. The summed E-state index contributed by atoms with van der Waals surface area (Å²) in [6.07, 6.45) is 0. The molecule has 0 amide bonds. The third kappa shape index (κ3) is 228. The summed E-state index contributed by atoms with van der Waals surface area (Å²) in [5, 5.41) is 0. The Labute approximate surface area is 68.4 Å². The number of rotatable bonds is 0. The first-order valence-electron chi connectivity index (χ1n) is 0.894. The molecule has 0 aromatic heterocycles. The van der Waals surface area contributed by atoms with Crippen LogP contribution in [-0.2, 0) is 17.1 Å². The van der Waals surface area contributed by atoms with Gasteiger partial charge in [-0.25, -0.2) is 0 Å². The molecule has 0 aromatic carbocycles. The molecule has 0 aromatic rings. The van der Waals surface area contributed by atoms with Crippen molar-refractivity contribution < 1.29 is 41.7 Å². The summed E-state index contributed by atoms with van der Waals surface area (Å²) < 4.78 is 0. The molecule has 5 nitrogen and oxygen atoms in total. The van der Waals surface area contributed by atoms with Gasteiger partial charge in [-0.15, -0.1) is 0 Å². The molecule has 0 aliphatic rings. The fourth-order valence-corrected chi connectivity index (χ4v) is 0. The van der Waals surface area contributed by atoms with Crippen molar-refractivity contribution >= 4 is 26.4 Å². The zero-order chi connectivity index (χ0) is 4.50. The van der Waals surface area contributed by atoms with Crippen LogP contribution in [0.4, 0.5) is 0 Å². The zero-order valence-corrected chi connectivity index (χ0v) is 5.25. The third-order valence-electron chi connectivity index (χ3n) is 0. The fraction of sp³-hybridized carbons (Fsp3) is 0. The van der Waals surface area contributed by atoms with Gasteiger partial charge in [-0.2, -0.15) is 0 Å². The van der Waals surface area contributed by atoms with Gasteiger partial charge < -0.3 is 24.7 Å². The van der Waals surface area contributed by atoms with Crippen molar-refractivity contribution in [3.63, 3.8) is 0 Å². The summed E-state index contributed by atoms with van der Waals surface area (Å²) in [5.74, 6) is 0. The van der Waals surface area contributed by atoms with Gasteiger partial charge in [0.25, 0.3) is 0 Å². The summed E-state index contributed by atoms with van der Waals surface area (Å²) in [6, 6.07) is 0. The molecule has 0 fully saturated rings. The van der Waals surface area contributed by atoms with Crippen molar-refractivity contribution in [3.05, 3.63) is 0 Å². The van der Waals surface area contributed by atoms with E-state index >= 15 is 0 Å². The molecule has 0 aliphatic heterocycles. The summed E-state index contributed by atoms with van der Waals surface area (Å²) in [7, 11) is -4.61. The maximum absolute atomic E-state index is 7.33. The number of hydrogen-bond acceptors (Lipinski definition) is 4. The Kier molecular flexibility index (Phi) is 23.2. The van der Waals surface area contributed by atoms with Gasteiger partial charge in [0, 0.05) is 17.1 Å². The predicted octanol–water partition coefficient (Wildman–Crippen LogP) is -4.62. The maximum Gasteiger partial charge on any atom is 0.668 e. The van der Waals surface area contributed by atoms with Crippen molar-refractivity contribution in [1.82, 2.24) is 0 Å². The Morgan fingerprint density at radius 3 is 0.875 bits per heavy atom. The van der Waals surface area contributed by atoms with Crippen molar-refractivity contribution in [1.29, 1.82) is 0 Å². The molecule has 0 saturated heterocycles. The van der Waals surface area contributed by atoms with E-state index in [0.29, 0.717) is 0 Å². The van der Waals surface area contributed by atoms with Crippen LogP contribution in [0.25, 0.3) is 0 Å². The fourth-order valence-electron chi connectivity index (χ4n) is 0. The van der Waals surface area contributed by atoms with Gasteiger partial charge in [0.15, 0.2) is 17.4 Å². The monoisotopic (exact) mass is 200 g/mol. The molecule has 0 heterocycles. The minimum atomic E-state index is -4.61. The van der Waals surface area contributed by atoms with Crippen LogP contribution in [0.3, 0.4) is 0 Å². The van der Waals surface area contributed by atoms with Crippen LogP contribution in [0.5, 0.6) is 0 Å². The average Bonchev–Trinajstić information content (AvgIpc) is 0.722. The van der Waals surface area contributed by atoms with E-state index in [0.717, 1.165) is 0 Å². The molecule has 0 bridgehead atoms. The van der Waals surface area contributed by atoms with Crippen LogP contribution in [0.15, 0.2) is 0 Å². The van der Waals surface area contributed by atoms with E-state index in [2.05, 4.69) is 0 Å². The van der Waals surface area contributed by atoms with Crippen LogP contribution in [0.2, 0.25) is 0 Å². The van der Waals surface area contributed by atoms with E-state index in [4.69, 9.17) is 19.2 Å². The van der Waals surface area contributed by atoms with Crippen LogP contribution >= 0.6 is 0 Å². The standard InChI is InChI=1S/Al.Fe.H4O4Si.H2O.3H/c;;1-5(2,3)4;;;;/h;;1-4H;1H2;;;. The van der Waals surface area contributed by atoms with E-state index in [-0.39, 0.29) is 39.9 Å². The van der Waals surface area contributed by atoms with Gasteiger partial charge in [0.05, 0.1) is 0 Å². The van der Waals surface area contributed by atoms with Gasteiger partial charge in [-0.1, -0.05) is 0 Å². The molecule has 0 atom stereocenters. The summed E-state index contributed by atoms with van der Waals surface area (Å²) >= 11 is 0. The second-order valence-corrected chi connectivity index (χ2v) is 1.80. The van der Waals surface area contributed by atoms with Crippen LogP contribution < -0.4 is 0 Å². The van der Waals surface area contributed by atoms with E-state index in [1.165, 1.54) is 0 Å². The predicted molar refractivity (Wildman–Crippen MR) is 28.2 cm³/mol. The minimum Gasteiger partial charge on any atom is -0.412 e. The summed E-state index contributed by atoms with van der Waals surface area (Å²) in [6.45, 7) is 0. The van der Waals surface area contributed by atoms with Gasteiger partial charge in [-0.05, 0) is 0 Å². The molecule has 8 heavy (non-hydrogen) atoms. The largest absolute Gasteiger partial charge is 0.668 e. The smallest absolute Gasteiger partial charge is 0.412 e. The Morgan fingerprint density at radius 1 is 0.875 bits per heavy atom. The molecule has 54 valence electrons. The maximum atomic E-state index is 7.33. The minimum absolute atomic E-state index is 0. The Morgan fingerprint density at radius 2 is 0.875 bits per heavy atom. The molecule has 0 saturated carbocycles. The first-order chi connectivity index (χ1) is 2.00. The normalized spacial score (nSPS) is 7.50. The van der Waals surface area contributed by atoms with Gasteiger partial charge in [0.2, 0.25) is 0 Å². The van der Waals surface area contributed by atoms with Crippen molar-refractivity contribution in [2.75, 3.05) is 0 Å². The molecule has 6 N–H and O–H groups in total. The second-order valence-electron chi connectivity index (χ2n) is 0.600. The first kappa shape index (κ1) is 23.0. The van der Waals surface area contributed by atoms with Crippen LogP contribution in [0.1, 0.15) is 0 Å². The molecule has 0 unspecified atom stereocenters. The molecule has 0 spiro atoms. The SMILES string of the molecule is O.O[Si](O)(O)O.[AlH3].[Fe]. The van der Waals surface area contributed by atoms with Crippen molar-refractivity contribution in [2.45, 2.75) is 0 Å². The quantitative estimate of drug-likeness (QED) is 0.294. The molecular weight excluding hydrogens is 191 g/mol. The van der Waals surface area contributed by atoms with Crippen LogP contribution in [-0.4, -0.2) is 51.1 Å². The molecule has 8 heteroatoms. The Hall–Kier alpha value is 1.07. The molecule has 0 radical (unpaired) electrons. The topological polar surface area (TPSA) is 112 Å². The average molecular weight is 200 g/mol. The van der Waals surface area contributed by atoms with Crippen molar-refractivity contribution in [3.8, 4) is 0 Å². The zero-order valence-electron chi connectivity index (χ0n) is 3.14. The van der Waals surface area contributed by atoms with E-state index in [1.807, 2.05) is 0 Å². The van der Waals surface area contributed by atoms with E-state index < -0.39 is 9.05 Å². The van der Waals surface area contributed by atoms with Gasteiger partial charge >= 0.3 is 9.05 Å². The number of hydrogen-bond donors (Lipinski definition) is 4. The van der Waals surface area contributed by atoms with Crippen LogP contribution in [0, 0.1) is 0 Å². The summed E-state index contributed by atoms with van der Waals surface area (Å²) in [5.41, 5.74) is 0. The molecule has 0 rings (SSSR count). The second kappa shape index (κ2) is 8.07. The van der Waals surface area contributed by atoms with E-state index in [1.54, 1.807) is 0 Å². The summed E-state index contributed by atoms with van der Waals surface area (Å²) in [4.78, 5) is 29.3. The Bertz CT molecular complexity index is 27.9.